The first-order chi connectivity index (χ1) is 23.1. The Morgan fingerprint density at radius 1 is 0.854 bits per heavy atom. The van der Waals surface area contributed by atoms with Crippen LogP contribution in [0.15, 0.2) is 102 Å². The van der Waals surface area contributed by atoms with Crippen molar-refractivity contribution in [3.63, 3.8) is 0 Å². The summed E-state index contributed by atoms with van der Waals surface area (Å²) in [4.78, 5) is 29.7. The Hall–Kier alpha value is -4.90. The number of carbonyl (C=O) groups excluding carboxylic acids is 2. The maximum Gasteiger partial charge on any atom is 0.264 e. The number of aryl methyl sites for hydroxylation is 1. The zero-order valence-corrected chi connectivity index (χ0v) is 28.5. The monoisotopic (exact) mass is 675 g/mol. The summed E-state index contributed by atoms with van der Waals surface area (Å²) in [5, 5.41) is 2.98. The van der Waals surface area contributed by atoms with Gasteiger partial charge in [0, 0.05) is 25.6 Å². The third-order valence-electron chi connectivity index (χ3n) is 7.87. The molecule has 0 heterocycles. The highest BCUT2D eigenvalue weighted by atomic mass is 32.2. The van der Waals surface area contributed by atoms with E-state index in [0.29, 0.717) is 12.3 Å². The number of sulfonamides is 1. The molecule has 0 aliphatic heterocycles. The largest absolute Gasteiger partial charge is 0.493 e. The lowest BCUT2D eigenvalue weighted by Crippen LogP contribution is -2.53. The molecular weight excluding hydrogens is 633 g/mol. The van der Waals surface area contributed by atoms with E-state index < -0.39 is 34.3 Å². The molecule has 254 valence electrons. The first-order valence-electron chi connectivity index (χ1n) is 15.7. The van der Waals surface area contributed by atoms with E-state index in [2.05, 4.69) is 5.32 Å². The van der Waals surface area contributed by atoms with Crippen molar-refractivity contribution in [1.29, 1.82) is 0 Å². The number of hydrogen-bond acceptors (Lipinski definition) is 6. The molecule has 0 aromatic heterocycles. The number of benzene rings is 4. The minimum Gasteiger partial charge on any atom is -0.493 e. The number of carbonyl (C=O) groups is 2. The van der Waals surface area contributed by atoms with Gasteiger partial charge in [-0.3, -0.25) is 13.9 Å². The van der Waals surface area contributed by atoms with Gasteiger partial charge in [-0.1, -0.05) is 73.5 Å². The van der Waals surface area contributed by atoms with Gasteiger partial charge < -0.3 is 19.7 Å². The maximum absolute atomic E-state index is 14.6. The van der Waals surface area contributed by atoms with Crippen LogP contribution in [0.2, 0.25) is 0 Å². The lowest BCUT2D eigenvalue weighted by Gasteiger charge is -2.34. The number of methoxy groups -OCH3 is 2. The summed E-state index contributed by atoms with van der Waals surface area (Å²) >= 11 is 0. The van der Waals surface area contributed by atoms with Crippen LogP contribution >= 0.6 is 0 Å². The highest BCUT2D eigenvalue weighted by Crippen LogP contribution is 2.32. The van der Waals surface area contributed by atoms with Gasteiger partial charge in [0.1, 0.15) is 18.4 Å². The van der Waals surface area contributed by atoms with Crippen molar-refractivity contribution in [3.8, 4) is 11.5 Å². The average Bonchev–Trinajstić information content (AvgIpc) is 3.09. The number of nitrogens with one attached hydrogen (secondary N) is 1. The Bertz CT molecular complexity index is 1780. The van der Waals surface area contributed by atoms with Crippen LogP contribution in [0.3, 0.4) is 0 Å². The van der Waals surface area contributed by atoms with Crippen molar-refractivity contribution in [2.24, 2.45) is 0 Å². The molecule has 0 unspecified atom stereocenters. The minimum absolute atomic E-state index is 0.0485. The molecule has 0 saturated carbocycles. The van der Waals surface area contributed by atoms with Crippen LogP contribution < -0.4 is 19.1 Å². The summed E-state index contributed by atoms with van der Waals surface area (Å²) in [6.45, 7) is 3.77. The molecule has 1 atom stereocenters. The molecule has 0 aliphatic rings. The van der Waals surface area contributed by atoms with Gasteiger partial charge in [0.2, 0.25) is 11.8 Å². The Kier molecular flexibility index (Phi) is 12.6. The van der Waals surface area contributed by atoms with Crippen LogP contribution in [0.5, 0.6) is 11.5 Å². The molecule has 4 aromatic carbocycles. The molecular formula is C37H42FN3O6S. The molecule has 0 spiro atoms. The summed E-state index contributed by atoms with van der Waals surface area (Å²) < 4.78 is 54.2. The Morgan fingerprint density at radius 2 is 1.54 bits per heavy atom. The number of rotatable bonds is 16. The van der Waals surface area contributed by atoms with Gasteiger partial charge in [-0.05, 0) is 60.9 Å². The van der Waals surface area contributed by atoms with Gasteiger partial charge in [-0.15, -0.1) is 0 Å². The van der Waals surface area contributed by atoms with Crippen LogP contribution in [0.1, 0.15) is 36.5 Å². The number of amides is 2. The number of hydrogen-bond donors (Lipinski definition) is 1. The van der Waals surface area contributed by atoms with E-state index in [4.69, 9.17) is 9.47 Å². The molecule has 4 rings (SSSR count). The number of nitrogens with zero attached hydrogens (tertiary/aromatic N) is 2. The first-order valence-corrected chi connectivity index (χ1v) is 17.2. The van der Waals surface area contributed by atoms with Gasteiger partial charge in [-0.25, -0.2) is 12.8 Å². The molecule has 1 N–H and O–H groups in total. The summed E-state index contributed by atoms with van der Waals surface area (Å²) in [5.41, 5.74) is 2.65. The Labute approximate surface area is 282 Å². The average molecular weight is 676 g/mol. The predicted octanol–water partition coefficient (Wildman–Crippen LogP) is 5.90. The van der Waals surface area contributed by atoms with Gasteiger partial charge >= 0.3 is 0 Å². The summed E-state index contributed by atoms with van der Waals surface area (Å²) in [5.74, 6) is -1.03. The molecule has 0 radical (unpaired) electrons. The normalized spacial score (nSPS) is 11.8. The molecule has 0 saturated heterocycles. The van der Waals surface area contributed by atoms with Crippen LogP contribution in [0, 0.1) is 12.7 Å². The smallest absolute Gasteiger partial charge is 0.264 e. The molecule has 4 aromatic rings. The first kappa shape index (κ1) is 35.9. The third kappa shape index (κ3) is 9.13. The number of ether oxygens (including phenoxy) is 2. The molecule has 0 fully saturated rings. The SMILES string of the molecule is CCCCNC(=O)[C@@H](Cc1ccccc1)N(Cc1cccc(C)c1)C(=O)CN(c1ccc(F)cc1)S(=O)(=O)c1ccc(OC)c(OC)c1. The van der Waals surface area contributed by atoms with E-state index in [0.717, 1.165) is 46.0 Å². The second kappa shape index (κ2) is 16.8. The lowest BCUT2D eigenvalue weighted by atomic mass is 10.0. The van der Waals surface area contributed by atoms with E-state index in [-0.39, 0.29) is 35.2 Å². The molecule has 9 nitrogen and oxygen atoms in total. The highest BCUT2D eigenvalue weighted by Gasteiger charge is 2.35. The zero-order chi connectivity index (χ0) is 34.7. The van der Waals surface area contributed by atoms with Crippen molar-refractivity contribution < 1.29 is 31.9 Å². The van der Waals surface area contributed by atoms with Crippen molar-refractivity contribution in [1.82, 2.24) is 10.2 Å². The van der Waals surface area contributed by atoms with E-state index >= 15 is 0 Å². The Morgan fingerprint density at radius 3 is 2.19 bits per heavy atom. The molecule has 48 heavy (non-hydrogen) atoms. The lowest BCUT2D eigenvalue weighted by molar-refractivity contribution is -0.140. The van der Waals surface area contributed by atoms with Crippen LogP contribution in [-0.2, 0) is 32.6 Å². The second-order valence-corrected chi connectivity index (χ2v) is 13.2. The molecule has 2 amide bonds. The fourth-order valence-corrected chi connectivity index (χ4v) is 6.74. The molecule has 0 aliphatic carbocycles. The van der Waals surface area contributed by atoms with Gasteiger partial charge in [0.15, 0.2) is 11.5 Å². The summed E-state index contributed by atoms with van der Waals surface area (Å²) in [7, 11) is -1.61. The fourth-order valence-electron chi connectivity index (χ4n) is 5.31. The summed E-state index contributed by atoms with van der Waals surface area (Å²) in [6.07, 6.45) is 1.84. The molecule has 0 bridgehead atoms. The standard InChI is InChI=1S/C37H42FN3O6S/c1-5-6-21-39-37(43)33(23-28-12-8-7-9-13-28)40(25-29-14-10-11-27(2)22-29)36(42)26-41(31-17-15-30(38)16-18-31)48(44,45)32-19-20-34(46-3)35(24-32)47-4/h7-20,22,24,33H,5-6,21,23,25-26H2,1-4H3,(H,39,43)/t33-/m1/s1. The van der Waals surface area contributed by atoms with E-state index in [1.807, 2.05) is 68.4 Å². The van der Waals surface area contributed by atoms with E-state index in [1.165, 1.54) is 49.5 Å². The number of unbranched alkanes of at least 4 members (excludes halogenated alkanes) is 1. The van der Waals surface area contributed by atoms with Crippen LogP contribution in [-0.4, -0.2) is 58.5 Å². The highest BCUT2D eigenvalue weighted by molar-refractivity contribution is 7.92. The van der Waals surface area contributed by atoms with Gasteiger partial charge in [0.25, 0.3) is 10.0 Å². The zero-order valence-electron chi connectivity index (χ0n) is 27.7. The topological polar surface area (TPSA) is 105 Å². The summed E-state index contributed by atoms with van der Waals surface area (Å²) in [6, 6.07) is 24.9. The van der Waals surface area contributed by atoms with Crippen molar-refractivity contribution >= 4 is 27.5 Å². The quantitative estimate of drug-likeness (QED) is 0.148. The second-order valence-electron chi connectivity index (χ2n) is 11.4. The maximum atomic E-state index is 14.6. The van der Waals surface area contributed by atoms with Crippen LogP contribution in [0.4, 0.5) is 10.1 Å². The fraction of sp³-hybridized carbons (Fsp3) is 0.297. The van der Waals surface area contributed by atoms with Crippen molar-refractivity contribution in [2.75, 3.05) is 31.6 Å². The van der Waals surface area contributed by atoms with E-state index in [9.17, 15) is 22.4 Å². The van der Waals surface area contributed by atoms with Crippen molar-refractivity contribution in [2.45, 2.75) is 50.6 Å². The third-order valence-corrected chi connectivity index (χ3v) is 9.64. The van der Waals surface area contributed by atoms with E-state index in [1.54, 1.807) is 0 Å². The molecule has 11 heteroatoms. The number of halogens is 1. The van der Waals surface area contributed by atoms with Gasteiger partial charge in [-0.2, -0.15) is 0 Å². The Balaban J connectivity index is 1.81. The minimum atomic E-state index is -4.43. The van der Waals surface area contributed by atoms with Crippen molar-refractivity contribution in [3.05, 3.63) is 120 Å². The van der Waals surface area contributed by atoms with Crippen LogP contribution in [0.25, 0.3) is 0 Å². The predicted molar refractivity (Wildman–Crippen MR) is 184 cm³/mol. The van der Waals surface area contributed by atoms with Gasteiger partial charge in [0.05, 0.1) is 24.8 Å². The number of anilines is 1.